The summed E-state index contributed by atoms with van der Waals surface area (Å²) in [6.45, 7) is 10.8. The van der Waals surface area contributed by atoms with Crippen LogP contribution >= 0.6 is 0 Å². The fraction of sp³-hybridized carbons (Fsp3) is 0.708. The molecule has 178 valence electrons. The van der Waals surface area contributed by atoms with Crippen molar-refractivity contribution in [3.63, 3.8) is 0 Å². The zero-order chi connectivity index (χ0) is 23.4. The number of carbonyl (C=O) groups is 2. The van der Waals surface area contributed by atoms with Gasteiger partial charge in [0.05, 0.1) is 11.7 Å². The third kappa shape index (κ3) is 5.97. The van der Waals surface area contributed by atoms with Gasteiger partial charge in [-0.05, 0) is 39.3 Å². The van der Waals surface area contributed by atoms with E-state index in [1.54, 1.807) is 34.2 Å². The molecule has 2 aliphatic rings. The predicted octanol–water partition coefficient (Wildman–Crippen LogP) is 3.59. The number of nitrogens with zero attached hydrogens (tertiary/aromatic N) is 4. The Labute approximate surface area is 190 Å². The lowest BCUT2D eigenvalue weighted by atomic mass is 9.89. The van der Waals surface area contributed by atoms with Crippen LogP contribution < -0.4 is 0 Å². The van der Waals surface area contributed by atoms with Crippen LogP contribution in [0.3, 0.4) is 0 Å². The predicted molar refractivity (Wildman–Crippen MR) is 121 cm³/mol. The molecule has 3 heterocycles. The van der Waals surface area contributed by atoms with Gasteiger partial charge in [-0.15, -0.1) is 0 Å². The van der Waals surface area contributed by atoms with Crippen molar-refractivity contribution in [3.05, 3.63) is 30.1 Å². The van der Waals surface area contributed by atoms with E-state index >= 15 is 4.39 Å². The number of likely N-dealkylation sites (tertiary alicyclic amines) is 1. The molecular formula is C24H37FN4O3. The van der Waals surface area contributed by atoms with E-state index in [4.69, 9.17) is 4.74 Å². The summed E-state index contributed by atoms with van der Waals surface area (Å²) in [7, 11) is 0. The smallest absolute Gasteiger partial charge is 0.410 e. The first-order chi connectivity index (χ1) is 15.1. The van der Waals surface area contributed by atoms with Gasteiger partial charge in [0, 0.05) is 58.3 Å². The lowest BCUT2D eigenvalue weighted by Gasteiger charge is -2.42. The van der Waals surface area contributed by atoms with Crippen molar-refractivity contribution in [2.24, 2.45) is 0 Å². The third-order valence-corrected chi connectivity index (χ3v) is 6.25. The van der Waals surface area contributed by atoms with E-state index < -0.39 is 11.3 Å². The van der Waals surface area contributed by atoms with Crippen LogP contribution in [0.15, 0.2) is 24.4 Å². The van der Waals surface area contributed by atoms with Gasteiger partial charge < -0.3 is 14.5 Å². The molecule has 0 radical (unpaired) electrons. The Hall–Kier alpha value is -2.22. The monoisotopic (exact) mass is 448 g/mol. The number of carbonyl (C=O) groups excluding carboxylic acids is 2. The molecule has 7 nitrogen and oxygen atoms in total. The van der Waals surface area contributed by atoms with E-state index in [0.717, 1.165) is 12.8 Å². The number of pyridine rings is 1. The second-order valence-corrected chi connectivity index (χ2v) is 9.81. The molecule has 3 rings (SSSR count). The quantitative estimate of drug-likeness (QED) is 0.689. The van der Waals surface area contributed by atoms with E-state index in [-0.39, 0.29) is 30.9 Å². The van der Waals surface area contributed by atoms with Gasteiger partial charge in [-0.2, -0.15) is 0 Å². The van der Waals surface area contributed by atoms with Crippen LogP contribution in [0.5, 0.6) is 0 Å². The van der Waals surface area contributed by atoms with Crippen molar-refractivity contribution in [1.82, 2.24) is 19.7 Å². The van der Waals surface area contributed by atoms with Crippen molar-refractivity contribution < 1.29 is 18.7 Å². The highest BCUT2D eigenvalue weighted by molar-refractivity contribution is 5.82. The molecule has 0 aromatic carbocycles. The third-order valence-electron chi connectivity index (χ3n) is 6.25. The topological polar surface area (TPSA) is 66.0 Å². The van der Waals surface area contributed by atoms with E-state index in [1.807, 2.05) is 20.8 Å². The molecule has 2 saturated heterocycles. The van der Waals surface area contributed by atoms with Gasteiger partial charge in [0.2, 0.25) is 5.91 Å². The summed E-state index contributed by atoms with van der Waals surface area (Å²) in [5, 5.41) is 0. The number of piperidine rings is 1. The van der Waals surface area contributed by atoms with Crippen LogP contribution in [-0.2, 0) is 15.2 Å². The summed E-state index contributed by atoms with van der Waals surface area (Å²) in [6.07, 6.45) is 3.48. The Morgan fingerprint density at radius 1 is 1.09 bits per heavy atom. The van der Waals surface area contributed by atoms with Crippen molar-refractivity contribution in [2.45, 2.75) is 70.7 Å². The molecule has 0 saturated carbocycles. The molecule has 0 bridgehead atoms. The standard InChI is InChI=1S/C24H37FN4O3/c1-5-8-19(27-15-17-29(18-16-27)22(31)32-23(2,3)4)21(30)28-13-10-24(25,11-14-28)20-9-6-7-12-26-20/h6-7,9,12,19H,5,8,10-11,13-18H2,1-4H3/t19-/m1/s1. The Balaban J connectivity index is 1.57. The minimum atomic E-state index is -1.47. The minimum absolute atomic E-state index is 0.0700. The second kappa shape index (κ2) is 10.1. The van der Waals surface area contributed by atoms with Gasteiger partial charge >= 0.3 is 6.09 Å². The zero-order valence-electron chi connectivity index (χ0n) is 19.8. The molecule has 1 aromatic heterocycles. The van der Waals surface area contributed by atoms with Crippen molar-refractivity contribution in [1.29, 1.82) is 0 Å². The molecule has 8 heteroatoms. The maximum Gasteiger partial charge on any atom is 0.410 e. The lowest BCUT2D eigenvalue weighted by molar-refractivity contribution is -0.141. The maximum atomic E-state index is 15.4. The number of ether oxygens (including phenoxy) is 1. The van der Waals surface area contributed by atoms with Crippen LogP contribution in [0.4, 0.5) is 9.18 Å². The van der Waals surface area contributed by atoms with E-state index in [0.29, 0.717) is 45.0 Å². The highest BCUT2D eigenvalue weighted by Gasteiger charge is 2.41. The molecule has 2 aliphatic heterocycles. The van der Waals surface area contributed by atoms with E-state index in [2.05, 4.69) is 16.8 Å². The van der Waals surface area contributed by atoms with Gasteiger partial charge in [-0.1, -0.05) is 19.4 Å². The summed E-state index contributed by atoms with van der Waals surface area (Å²) >= 11 is 0. The molecule has 0 N–H and O–H groups in total. The van der Waals surface area contributed by atoms with Crippen molar-refractivity contribution in [3.8, 4) is 0 Å². The number of rotatable bonds is 5. The van der Waals surface area contributed by atoms with Gasteiger partial charge in [-0.25, -0.2) is 9.18 Å². The summed E-state index contributed by atoms with van der Waals surface area (Å²) in [4.78, 5) is 35.6. The number of alkyl halides is 1. The van der Waals surface area contributed by atoms with Crippen molar-refractivity contribution >= 4 is 12.0 Å². The minimum Gasteiger partial charge on any atom is -0.444 e. The first-order valence-electron chi connectivity index (χ1n) is 11.7. The van der Waals surface area contributed by atoms with Crippen LogP contribution in [0.1, 0.15) is 59.1 Å². The first-order valence-corrected chi connectivity index (χ1v) is 11.7. The van der Waals surface area contributed by atoms with Crippen molar-refractivity contribution in [2.75, 3.05) is 39.3 Å². The van der Waals surface area contributed by atoms with Crippen LogP contribution in [0.2, 0.25) is 0 Å². The summed E-state index contributed by atoms with van der Waals surface area (Å²) in [5.74, 6) is 0.0700. The molecular weight excluding hydrogens is 411 g/mol. The van der Waals surface area contributed by atoms with Gasteiger partial charge in [-0.3, -0.25) is 14.7 Å². The number of hydrogen-bond acceptors (Lipinski definition) is 5. The first kappa shape index (κ1) is 24.4. The largest absolute Gasteiger partial charge is 0.444 e. The van der Waals surface area contributed by atoms with Gasteiger partial charge in [0.25, 0.3) is 0 Å². The fourth-order valence-electron chi connectivity index (χ4n) is 4.45. The number of hydrogen-bond donors (Lipinski definition) is 0. The fourth-order valence-corrected chi connectivity index (χ4v) is 4.45. The number of aromatic nitrogens is 1. The summed E-state index contributed by atoms with van der Waals surface area (Å²) in [6, 6.07) is 5.07. The SMILES string of the molecule is CCC[C@H](C(=O)N1CCC(F)(c2ccccn2)CC1)N1CCN(C(=O)OC(C)(C)C)CC1. The Kier molecular flexibility index (Phi) is 7.75. The normalized spacial score (nSPS) is 20.7. The Morgan fingerprint density at radius 3 is 2.28 bits per heavy atom. The Morgan fingerprint density at radius 2 is 1.75 bits per heavy atom. The maximum absolute atomic E-state index is 15.4. The summed E-state index contributed by atoms with van der Waals surface area (Å²) in [5.41, 5.74) is -1.54. The molecule has 1 atom stereocenters. The highest BCUT2D eigenvalue weighted by Crippen LogP contribution is 2.36. The lowest BCUT2D eigenvalue weighted by Crippen LogP contribution is -2.58. The van der Waals surface area contributed by atoms with Crippen LogP contribution in [0.25, 0.3) is 0 Å². The molecule has 2 fully saturated rings. The molecule has 0 spiro atoms. The van der Waals surface area contributed by atoms with Crippen LogP contribution in [0, 0.1) is 0 Å². The number of piperazine rings is 1. The number of halogens is 1. The second-order valence-electron chi connectivity index (χ2n) is 9.81. The number of amides is 2. The average molecular weight is 449 g/mol. The Bertz CT molecular complexity index is 767. The van der Waals surface area contributed by atoms with Gasteiger partial charge in [0.1, 0.15) is 5.60 Å². The van der Waals surface area contributed by atoms with Crippen LogP contribution in [-0.4, -0.2) is 82.6 Å². The van der Waals surface area contributed by atoms with E-state index in [1.165, 1.54) is 0 Å². The van der Waals surface area contributed by atoms with E-state index in [9.17, 15) is 9.59 Å². The molecule has 32 heavy (non-hydrogen) atoms. The molecule has 1 aromatic rings. The summed E-state index contributed by atoms with van der Waals surface area (Å²) < 4.78 is 20.9. The zero-order valence-corrected chi connectivity index (χ0v) is 19.8. The molecule has 0 aliphatic carbocycles. The van der Waals surface area contributed by atoms with Gasteiger partial charge in [0.15, 0.2) is 5.67 Å². The average Bonchev–Trinajstić information content (AvgIpc) is 2.77. The molecule has 0 unspecified atom stereocenters. The molecule has 2 amide bonds. The highest BCUT2D eigenvalue weighted by atomic mass is 19.1.